The number of furan rings is 1. The predicted octanol–water partition coefficient (Wildman–Crippen LogP) is 3.66. The van der Waals surface area contributed by atoms with Gasteiger partial charge in [0.1, 0.15) is 11.3 Å². The molecule has 1 N–H and O–H groups in total. The molecule has 0 aliphatic rings. The Labute approximate surface area is 143 Å². The van der Waals surface area contributed by atoms with Crippen molar-refractivity contribution in [2.24, 2.45) is 0 Å². The molecular formula is C19H16O6. The van der Waals surface area contributed by atoms with Crippen molar-refractivity contribution in [3.05, 3.63) is 48.0 Å². The number of carboxylic acid groups (broad SMARTS) is 1. The van der Waals surface area contributed by atoms with Crippen LogP contribution in [0.4, 0.5) is 0 Å². The van der Waals surface area contributed by atoms with Crippen LogP contribution in [0.15, 0.2) is 46.9 Å². The van der Waals surface area contributed by atoms with Crippen molar-refractivity contribution in [2.45, 2.75) is 13.3 Å². The molecule has 2 aromatic carbocycles. The molecule has 1 aromatic heterocycles. The summed E-state index contributed by atoms with van der Waals surface area (Å²) in [6.07, 6.45) is -0.0403. The minimum Gasteiger partial charge on any atom is -0.493 e. The summed E-state index contributed by atoms with van der Waals surface area (Å²) in [4.78, 5) is 22.0. The summed E-state index contributed by atoms with van der Waals surface area (Å²) in [6, 6.07) is 12.2. The van der Waals surface area contributed by atoms with E-state index in [1.165, 1.54) is 14.0 Å². The third kappa shape index (κ3) is 3.63. The second-order valence-corrected chi connectivity index (χ2v) is 5.51. The summed E-state index contributed by atoms with van der Waals surface area (Å²) in [5, 5.41) is 9.71. The van der Waals surface area contributed by atoms with E-state index >= 15 is 0 Å². The molecule has 3 rings (SSSR count). The van der Waals surface area contributed by atoms with Crippen molar-refractivity contribution in [1.29, 1.82) is 0 Å². The van der Waals surface area contributed by atoms with Gasteiger partial charge in [0.05, 0.1) is 13.5 Å². The molecular weight excluding hydrogens is 324 g/mol. The Morgan fingerprint density at radius 2 is 1.88 bits per heavy atom. The maximum atomic E-state index is 11.1. The topological polar surface area (TPSA) is 86.0 Å². The Balaban J connectivity index is 1.98. The number of carboxylic acids is 1. The average molecular weight is 340 g/mol. The zero-order valence-corrected chi connectivity index (χ0v) is 13.7. The SMILES string of the molecule is COc1cc(-c2cc3cc(CC(=O)O)ccc3o2)ccc1OC(C)=O. The first-order valence-electron chi connectivity index (χ1n) is 7.57. The smallest absolute Gasteiger partial charge is 0.308 e. The van der Waals surface area contributed by atoms with Gasteiger partial charge in [-0.2, -0.15) is 0 Å². The minimum atomic E-state index is -0.881. The van der Waals surface area contributed by atoms with E-state index in [1.54, 1.807) is 36.4 Å². The van der Waals surface area contributed by atoms with Crippen LogP contribution in [0.2, 0.25) is 0 Å². The Hall–Kier alpha value is -3.28. The van der Waals surface area contributed by atoms with E-state index in [2.05, 4.69) is 0 Å². The fourth-order valence-electron chi connectivity index (χ4n) is 2.58. The van der Waals surface area contributed by atoms with E-state index in [4.69, 9.17) is 19.0 Å². The molecule has 0 radical (unpaired) electrons. The molecule has 3 aromatic rings. The number of aliphatic carboxylic acids is 1. The summed E-state index contributed by atoms with van der Waals surface area (Å²) < 4.78 is 16.2. The molecule has 0 aliphatic carbocycles. The van der Waals surface area contributed by atoms with Gasteiger partial charge in [0.15, 0.2) is 11.5 Å². The molecule has 0 unspecified atom stereocenters. The molecule has 0 saturated heterocycles. The fourth-order valence-corrected chi connectivity index (χ4v) is 2.58. The molecule has 25 heavy (non-hydrogen) atoms. The first-order valence-corrected chi connectivity index (χ1v) is 7.57. The van der Waals surface area contributed by atoms with Gasteiger partial charge in [-0.3, -0.25) is 9.59 Å². The minimum absolute atomic E-state index is 0.0403. The largest absolute Gasteiger partial charge is 0.493 e. The van der Waals surface area contributed by atoms with Gasteiger partial charge in [0, 0.05) is 17.9 Å². The van der Waals surface area contributed by atoms with Crippen LogP contribution in [-0.2, 0) is 16.0 Å². The monoisotopic (exact) mass is 340 g/mol. The van der Waals surface area contributed by atoms with Crippen LogP contribution in [-0.4, -0.2) is 24.2 Å². The first kappa shape index (κ1) is 16.6. The molecule has 0 saturated carbocycles. The van der Waals surface area contributed by atoms with Gasteiger partial charge >= 0.3 is 11.9 Å². The van der Waals surface area contributed by atoms with Gasteiger partial charge in [0.2, 0.25) is 0 Å². The Kier molecular flexibility index (Phi) is 4.43. The lowest BCUT2D eigenvalue weighted by Gasteiger charge is -2.08. The third-order valence-corrected chi connectivity index (χ3v) is 3.64. The van der Waals surface area contributed by atoms with E-state index in [1.807, 2.05) is 6.07 Å². The van der Waals surface area contributed by atoms with E-state index in [0.717, 1.165) is 10.9 Å². The normalized spacial score (nSPS) is 10.6. The molecule has 6 heteroatoms. The van der Waals surface area contributed by atoms with Crippen LogP contribution >= 0.6 is 0 Å². The van der Waals surface area contributed by atoms with Gasteiger partial charge in [-0.1, -0.05) is 6.07 Å². The maximum Gasteiger partial charge on any atom is 0.308 e. The summed E-state index contributed by atoms with van der Waals surface area (Å²) in [5.41, 5.74) is 2.12. The average Bonchev–Trinajstić information content (AvgIpc) is 2.97. The number of fused-ring (bicyclic) bond motifs is 1. The lowest BCUT2D eigenvalue weighted by Crippen LogP contribution is -2.02. The van der Waals surface area contributed by atoms with Crippen molar-refractivity contribution in [2.75, 3.05) is 7.11 Å². The van der Waals surface area contributed by atoms with Crippen molar-refractivity contribution in [1.82, 2.24) is 0 Å². The van der Waals surface area contributed by atoms with Crippen LogP contribution in [0.1, 0.15) is 12.5 Å². The number of methoxy groups -OCH3 is 1. The summed E-state index contributed by atoms with van der Waals surface area (Å²) in [7, 11) is 1.49. The van der Waals surface area contributed by atoms with Crippen LogP contribution in [0, 0.1) is 0 Å². The van der Waals surface area contributed by atoms with Crippen LogP contribution < -0.4 is 9.47 Å². The van der Waals surface area contributed by atoms with Gasteiger partial charge < -0.3 is 19.0 Å². The Morgan fingerprint density at radius 3 is 2.56 bits per heavy atom. The summed E-state index contributed by atoms with van der Waals surface area (Å²) >= 11 is 0. The van der Waals surface area contributed by atoms with Gasteiger partial charge in [0.25, 0.3) is 0 Å². The zero-order chi connectivity index (χ0) is 18.0. The fraction of sp³-hybridized carbons (Fsp3) is 0.158. The van der Waals surface area contributed by atoms with Crippen molar-refractivity contribution >= 4 is 22.9 Å². The number of ether oxygens (including phenoxy) is 2. The highest BCUT2D eigenvalue weighted by atomic mass is 16.6. The Bertz CT molecular complexity index is 954. The molecule has 0 aliphatic heterocycles. The molecule has 128 valence electrons. The van der Waals surface area contributed by atoms with Gasteiger partial charge in [-0.15, -0.1) is 0 Å². The second-order valence-electron chi connectivity index (χ2n) is 5.51. The maximum absolute atomic E-state index is 11.1. The van der Waals surface area contributed by atoms with Crippen molar-refractivity contribution in [3.63, 3.8) is 0 Å². The van der Waals surface area contributed by atoms with Crippen LogP contribution in [0.3, 0.4) is 0 Å². The molecule has 0 amide bonds. The number of carbonyl (C=O) groups excluding carboxylic acids is 1. The molecule has 1 heterocycles. The molecule has 0 fully saturated rings. The summed E-state index contributed by atoms with van der Waals surface area (Å²) in [5.74, 6) is 0.0445. The van der Waals surface area contributed by atoms with Crippen LogP contribution in [0.5, 0.6) is 11.5 Å². The number of benzene rings is 2. The number of carbonyl (C=O) groups is 2. The lowest BCUT2D eigenvalue weighted by molar-refractivity contribution is -0.136. The van der Waals surface area contributed by atoms with Crippen molar-refractivity contribution in [3.8, 4) is 22.8 Å². The highest BCUT2D eigenvalue weighted by molar-refractivity contribution is 5.85. The number of hydrogen-bond donors (Lipinski definition) is 1. The predicted molar refractivity (Wildman–Crippen MR) is 90.9 cm³/mol. The second kappa shape index (κ2) is 6.68. The first-order chi connectivity index (χ1) is 12.0. The van der Waals surface area contributed by atoms with E-state index in [9.17, 15) is 9.59 Å². The number of esters is 1. The van der Waals surface area contributed by atoms with E-state index < -0.39 is 11.9 Å². The lowest BCUT2D eigenvalue weighted by atomic mass is 10.1. The third-order valence-electron chi connectivity index (χ3n) is 3.64. The zero-order valence-electron chi connectivity index (χ0n) is 13.7. The van der Waals surface area contributed by atoms with Crippen LogP contribution in [0.25, 0.3) is 22.3 Å². The molecule has 0 bridgehead atoms. The van der Waals surface area contributed by atoms with Gasteiger partial charge in [-0.25, -0.2) is 0 Å². The standard InChI is InChI=1S/C19H16O6/c1-11(20)24-16-6-4-13(9-18(16)23-2)17-10-14-7-12(8-19(21)22)3-5-15(14)25-17/h3-7,9-10H,8H2,1-2H3,(H,21,22). The quantitative estimate of drug-likeness (QED) is 0.563. The van der Waals surface area contributed by atoms with E-state index in [-0.39, 0.29) is 6.42 Å². The van der Waals surface area contributed by atoms with Crippen molar-refractivity contribution < 1.29 is 28.6 Å². The van der Waals surface area contributed by atoms with Gasteiger partial charge in [-0.05, 0) is 42.0 Å². The Morgan fingerprint density at radius 1 is 1.08 bits per heavy atom. The number of hydrogen-bond acceptors (Lipinski definition) is 5. The summed E-state index contributed by atoms with van der Waals surface area (Å²) in [6.45, 7) is 1.32. The molecule has 0 spiro atoms. The molecule has 0 atom stereocenters. The molecule has 6 nitrogen and oxygen atoms in total. The van der Waals surface area contributed by atoms with E-state index in [0.29, 0.717) is 28.4 Å². The number of rotatable bonds is 5. The highest BCUT2D eigenvalue weighted by Gasteiger charge is 2.13. The highest BCUT2D eigenvalue weighted by Crippen LogP contribution is 2.35.